The topological polar surface area (TPSA) is 97.4 Å². The van der Waals surface area contributed by atoms with E-state index < -0.39 is 24.5 Å². The highest BCUT2D eigenvalue weighted by molar-refractivity contribution is 7.13. The third-order valence-electron chi connectivity index (χ3n) is 4.09. The quantitative estimate of drug-likeness (QED) is 0.622. The Bertz CT molecular complexity index is 1050. The molecule has 0 unspecified atom stereocenters. The zero-order chi connectivity index (χ0) is 20.8. The number of amides is 3. The van der Waals surface area contributed by atoms with Crippen molar-refractivity contribution in [2.24, 2.45) is 0 Å². The van der Waals surface area contributed by atoms with Crippen LogP contribution in [0.15, 0.2) is 53.9 Å². The van der Waals surface area contributed by atoms with Gasteiger partial charge in [0, 0.05) is 16.6 Å². The lowest BCUT2D eigenvalue weighted by Crippen LogP contribution is -2.37. The van der Waals surface area contributed by atoms with Crippen LogP contribution < -0.4 is 10.6 Å². The molecule has 1 heterocycles. The van der Waals surface area contributed by atoms with Crippen LogP contribution in [0.3, 0.4) is 0 Å². The second-order valence-corrected chi connectivity index (χ2v) is 7.14. The van der Waals surface area contributed by atoms with Crippen molar-refractivity contribution in [2.45, 2.75) is 13.8 Å². The summed E-state index contributed by atoms with van der Waals surface area (Å²) in [4.78, 5) is 40.1. The number of aromatic nitrogens is 1. The van der Waals surface area contributed by atoms with Crippen LogP contribution in [-0.2, 0) is 9.53 Å². The summed E-state index contributed by atoms with van der Waals surface area (Å²) in [7, 11) is 0. The van der Waals surface area contributed by atoms with Crippen LogP contribution in [0.1, 0.15) is 21.6 Å². The molecule has 3 aromatic rings. The monoisotopic (exact) mass is 409 g/mol. The molecular weight excluding hydrogens is 390 g/mol. The first kappa shape index (κ1) is 20.2. The Kier molecular flexibility index (Phi) is 6.36. The Hall–Kier alpha value is -3.52. The molecule has 0 bridgehead atoms. The fourth-order valence-corrected chi connectivity index (χ4v) is 3.23. The molecule has 0 aliphatic rings. The first-order chi connectivity index (χ1) is 13.9. The zero-order valence-electron chi connectivity index (χ0n) is 15.9. The predicted molar refractivity (Wildman–Crippen MR) is 111 cm³/mol. The molecule has 0 spiro atoms. The number of esters is 1. The SMILES string of the molecule is Cc1ccc(NC(=O)NC(=O)COC(=O)c2csc(-c3ccccc3)n2)cc1C. The molecule has 0 aliphatic carbocycles. The number of nitrogens with one attached hydrogen (secondary N) is 2. The zero-order valence-corrected chi connectivity index (χ0v) is 16.7. The Balaban J connectivity index is 1.48. The number of rotatable bonds is 5. The summed E-state index contributed by atoms with van der Waals surface area (Å²) in [6.45, 7) is 3.30. The van der Waals surface area contributed by atoms with Crippen LogP contribution in [0, 0.1) is 13.8 Å². The lowest BCUT2D eigenvalue weighted by atomic mass is 10.1. The van der Waals surface area contributed by atoms with Gasteiger partial charge in [-0.3, -0.25) is 10.1 Å². The molecule has 148 valence electrons. The van der Waals surface area contributed by atoms with Gasteiger partial charge in [0.05, 0.1) is 0 Å². The first-order valence-electron chi connectivity index (χ1n) is 8.78. The maximum absolute atomic E-state index is 12.1. The first-order valence-corrected chi connectivity index (χ1v) is 9.66. The number of anilines is 1. The minimum atomic E-state index is -0.738. The molecule has 8 heteroatoms. The van der Waals surface area contributed by atoms with E-state index in [-0.39, 0.29) is 5.69 Å². The van der Waals surface area contributed by atoms with Crippen LogP contribution in [-0.4, -0.2) is 29.5 Å². The minimum Gasteiger partial charge on any atom is -0.451 e. The van der Waals surface area contributed by atoms with E-state index in [4.69, 9.17) is 4.74 Å². The molecule has 7 nitrogen and oxygen atoms in total. The number of hydrogen-bond donors (Lipinski definition) is 2. The fraction of sp³-hybridized carbons (Fsp3) is 0.143. The second-order valence-electron chi connectivity index (χ2n) is 6.28. The molecule has 0 fully saturated rings. The van der Waals surface area contributed by atoms with Crippen LogP contribution >= 0.6 is 11.3 Å². The number of imide groups is 1. The second kappa shape index (κ2) is 9.11. The number of urea groups is 1. The van der Waals surface area contributed by atoms with E-state index in [2.05, 4.69) is 15.6 Å². The van der Waals surface area contributed by atoms with Gasteiger partial charge in [-0.15, -0.1) is 11.3 Å². The van der Waals surface area contributed by atoms with E-state index in [0.29, 0.717) is 10.7 Å². The summed E-state index contributed by atoms with van der Waals surface area (Å²) in [6.07, 6.45) is 0. The minimum absolute atomic E-state index is 0.112. The van der Waals surface area contributed by atoms with Crippen molar-refractivity contribution in [2.75, 3.05) is 11.9 Å². The average molecular weight is 409 g/mol. The van der Waals surface area contributed by atoms with Gasteiger partial charge in [0.2, 0.25) is 0 Å². The van der Waals surface area contributed by atoms with Gasteiger partial charge >= 0.3 is 12.0 Å². The van der Waals surface area contributed by atoms with Gasteiger partial charge in [-0.2, -0.15) is 0 Å². The van der Waals surface area contributed by atoms with Crippen molar-refractivity contribution in [3.8, 4) is 10.6 Å². The summed E-state index contributed by atoms with van der Waals surface area (Å²) >= 11 is 1.30. The Morgan fingerprint density at radius 2 is 1.79 bits per heavy atom. The normalized spacial score (nSPS) is 10.3. The third-order valence-corrected chi connectivity index (χ3v) is 4.98. The molecule has 3 amide bonds. The van der Waals surface area contributed by atoms with Crippen LogP contribution in [0.2, 0.25) is 0 Å². The maximum atomic E-state index is 12.1. The highest BCUT2D eigenvalue weighted by Crippen LogP contribution is 2.23. The molecule has 0 saturated carbocycles. The molecular formula is C21H19N3O4S. The van der Waals surface area contributed by atoms with E-state index in [1.807, 2.05) is 50.2 Å². The molecule has 0 saturated heterocycles. The largest absolute Gasteiger partial charge is 0.451 e. The lowest BCUT2D eigenvalue weighted by Gasteiger charge is -2.08. The number of aryl methyl sites for hydroxylation is 2. The van der Waals surface area contributed by atoms with Gasteiger partial charge in [0.25, 0.3) is 5.91 Å². The van der Waals surface area contributed by atoms with Gasteiger partial charge in [0.15, 0.2) is 12.3 Å². The van der Waals surface area contributed by atoms with Crippen molar-refractivity contribution in [1.29, 1.82) is 0 Å². The molecule has 29 heavy (non-hydrogen) atoms. The summed E-state index contributed by atoms with van der Waals surface area (Å²) in [6, 6.07) is 14.1. The number of benzene rings is 2. The number of ether oxygens (including phenoxy) is 1. The van der Waals surface area contributed by atoms with Crippen LogP contribution in [0.25, 0.3) is 10.6 Å². The van der Waals surface area contributed by atoms with Gasteiger partial charge in [-0.1, -0.05) is 36.4 Å². The van der Waals surface area contributed by atoms with Gasteiger partial charge in [0.1, 0.15) is 5.01 Å². The number of hydrogen-bond acceptors (Lipinski definition) is 6. The van der Waals surface area contributed by atoms with Crippen molar-refractivity contribution < 1.29 is 19.1 Å². The Labute approximate surface area is 171 Å². The molecule has 0 aliphatic heterocycles. The highest BCUT2D eigenvalue weighted by atomic mass is 32.1. The van der Waals surface area contributed by atoms with E-state index in [9.17, 15) is 14.4 Å². The number of thiazole rings is 1. The van der Waals surface area contributed by atoms with E-state index in [1.165, 1.54) is 11.3 Å². The Morgan fingerprint density at radius 1 is 1.03 bits per heavy atom. The van der Waals surface area contributed by atoms with Crippen molar-refractivity contribution in [3.05, 3.63) is 70.7 Å². The van der Waals surface area contributed by atoms with Crippen LogP contribution in [0.5, 0.6) is 0 Å². The predicted octanol–water partition coefficient (Wildman–Crippen LogP) is 3.93. The van der Waals surface area contributed by atoms with Crippen molar-refractivity contribution in [1.82, 2.24) is 10.3 Å². The van der Waals surface area contributed by atoms with E-state index >= 15 is 0 Å². The highest BCUT2D eigenvalue weighted by Gasteiger charge is 2.16. The third kappa shape index (κ3) is 5.49. The van der Waals surface area contributed by atoms with E-state index in [0.717, 1.165) is 16.7 Å². The number of carbonyl (C=O) groups excluding carboxylic acids is 3. The molecule has 0 radical (unpaired) electrons. The summed E-state index contributed by atoms with van der Waals surface area (Å²) < 4.78 is 4.94. The fourth-order valence-electron chi connectivity index (χ4n) is 2.43. The van der Waals surface area contributed by atoms with E-state index in [1.54, 1.807) is 17.5 Å². The summed E-state index contributed by atoms with van der Waals surface area (Å²) in [5, 5.41) is 6.92. The molecule has 0 atom stereocenters. The van der Waals surface area contributed by atoms with Gasteiger partial charge in [-0.05, 0) is 37.1 Å². The molecule has 1 aromatic heterocycles. The lowest BCUT2D eigenvalue weighted by molar-refractivity contribution is -0.123. The number of carbonyl (C=O) groups is 3. The Morgan fingerprint density at radius 3 is 2.52 bits per heavy atom. The van der Waals surface area contributed by atoms with Crippen molar-refractivity contribution in [3.63, 3.8) is 0 Å². The van der Waals surface area contributed by atoms with Gasteiger partial charge in [-0.25, -0.2) is 14.6 Å². The molecule has 3 rings (SSSR count). The molecule has 2 N–H and O–H groups in total. The standard InChI is InChI=1S/C21H19N3O4S/c1-13-8-9-16(10-14(13)2)22-21(27)24-18(25)11-28-20(26)17-12-29-19(23-17)15-6-4-3-5-7-15/h3-10,12H,11H2,1-2H3,(H2,22,24,25,27). The summed E-state index contributed by atoms with van der Waals surface area (Å²) in [5.74, 6) is -1.47. The van der Waals surface area contributed by atoms with Crippen molar-refractivity contribution >= 4 is 34.9 Å². The van der Waals surface area contributed by atoms with Crippen LogP contribution in [0.4, 0.5) is 10.5 Å². The smallest absolute Gasteiger partial charge is 0.358 e. The molecule has 2 aromatic carbocycles. The maximum Gasteiger partial charge on any atom is 0.358 e. The average Bonchev–Trinajstić information content (AvgIpc) is 3.20. The summed E-state index contributed by atoms with van der Waals surface area (Å²) in [5.41, 5.74) is 3.67. The van der Waals surface area contributed by atoms with Gasteiger partial charge < -0.3 is 10.1 Å². The number of nitrogens with zero attached hydrogens (tertiary/aromatic N) is 1.